The predicted octanol–water partition coefficient (Wildman–Crippen LogP) is 0.742. The molecular weight excluding hydrogens is 298 g/mol. The Morgan fingerprint density at radius 2 is 2.14 bits per heavy atom. The minimum atomic E-state index is -4.01. The van der Waals surface area contributed by atoms with E-state index in [1.807, 2.05) is 0 Å². The second-order valence-corrected chi connectivity index (χ2v) is 6.05. The molecule has 1 heterocycles. The summed E-state index contributed by atoms with van der Waals surface area (Å²) in [7, 11) is -4.01. The number of aromatic carboxylic acids is 1. The third-order valence-electron chi connectivity index (χ3n) is 2.64. The molecule has 4 N–H and O–H groups in total. The van der Waals surface area contributed by atoms with Gasteiger partial charge in [0.15, 0.2) is 0 Å². The zero-order valence-electron chi connectivity index (χ0n) is 11.0. The first-order chi connectivity index (χ1) is 9.79. The number of benzene rings is 1. The van der Waals surface area contributed by atoms with E-state index in [4.69, 9.17) is 15.4 Å². The second-order valence-electron chi connectivity index (χ2n) is 4.31. The third-order valence-corrected chi connectivity index (χ3v) is 4.10. The summed E-state index contributed by atoms with van der Waals surface area (Å²) in [6.07, 6.45) is 0. The zero-order chi connectivity index (χ0) is 15.6. The van der Waals surface area contributed by atoms with E-state index in [0.717, 1.165) is 12.1 Å². The van der Waals surface area contributed by atoms with Gasteiger partial charge in [-0.3, -0.25) is 0 Å². The molecule has 0 spiro atoms. The number of nitrogens with zero attached hydrogens (tertiary/aromatic N) is 1. The lowest BCUT2D eigenvalue weighted by Crippen LogP contribution is -2.25. The molecule has 2 aromatic rings. The highest BCUT2D eigenvalue weighted by Gasteiger charge is 2.22. The van der Waals surface area contributed by atoms with Crippen LogP contribution < -0.4 is 10.5 Å². The number of anilines is 1. The van der Waals surface area contributed by atoms with Gasteiger partial charge in [0, 0.05) is 11.8 Å². The van der Waals surface area contributed by atoms with Gasteiger partial charge in [0.1, 0.15) is 5.76 Å². The number of hydrogen-bond acceptors (Lipinski definition) is 6. The Morgan fingerprint density at radius 3 is 2.71 bits per heavy atom. The van der Waals surface area contributed by atoms with Crippen LogP contribution in [0.4, 0.5) is 5.69 Å². The standard InChI is InChI=1S/C12H13N3O5S/c1-7-4-9(15-20-7)6-14-21(18,19)11-3-2-8(13)5-10(11)12(16)17/h2-5,14H,6,13H2,1H3,(H,16,17). The fourth-order valence-corrected chi connectivity index (χ4v) is 2.87. The summed E-state index contributed by atoms with van der Waals surface area (Å²) in [6.45, 7) is 1.57. The van der Waals surface area contributed by atoms with Gasteiger partial charge in [-0.25, -0.2) is 17.9 Å². The molecule has 112 valence electrons. The summed E-state index contributed by atoms with van der Waals surface area (Å²) in [5.74, 6) is -0.831. The monoisotopic (exact) mass is 311 g/mol. The highest BCUT2D eigenvalue weighted by molar-refractivity contribution is 7.89. The number of carbonyl (C=O) groups is 1. The molecule has 0 atom stereocenters. The average molecular weight is 311 g/mol. The van der Waals surface area contributed by atoms with E-state index in [1.54, 1.807) is 13.0 Å². The van der Waals surface area contributed by atoms with E-state index in [-0.39, 0.29) is 22.7 Å². The number of carboxylic acids is 1. The average Bonchev–Trinajstić information content (AvgIpc) is 2.82. The fourth-order valence-electron chi connectivity index (χ4n) is 1.70. The molecule has 0 bridgehead atoms. The quantitative estimate of drug-likeness (QED) is 0.693. The van der Waals surface area contributed by atoms with Crippen LogP contribution in [0, 0.1) is 6.92 Å². The predicted molar refractivity (Wildman–Crippen MR) is 73.1 cm³/mol. The van der Waals surface area contributed by atoms with Crippen LogP contribution in [-0.4, -0.2) is 24.7 Å². The number of nitrogen functional groups attached to an aromatic ring is 1. The van der Waals surface area contributed by atoms with Crippen LogP contribution >= 0.6 is 0 Å². The van der Waals surface area contributed by atoms with E-state index in [0.29, 0.717) is 11.5 Å². The Labute approximate surface area is 120 Å². The smallest absolute Gasteiger partial charge is 0.337 e. The molecule has 1 aromatic carbocycles. The molecule has 21 heavy (non-hydrogen) atoms. The summed E-state index contributed by atoms with van der Waals surface area (Å²) in [4.78, 5) is 10.8. The Bertz CT molecular complexity index is 782. The summed E-state index contributed by atoms with van der Waals surface area (Å²) < 4.78 is 31.4. The Hall–Kier alpha value is -2.39. The van der Waals surface area contributed by atoms with Crippen molar-refractivity contribution in [2.75, 3.05) is 5.73 Å². The van der Waals surface area contributed by atoms with Crippen molar-refractivity contribution in [1.29, 1.82) is 0 Å². The summed E-state index contributed by atoms with van der Waals surface area (Å²) in [5.41, 5.74) is 5.64. The van der Waals surface area contributed by atoms with Crippen molar-refractivity contribution >= 4 is 21.7 Å². The number of nitrogens with one attached hydrogen (secondary N) is 1. The van der Waals surface area contributed by atoms with Gasteiger partial charge in [-0.1, -0.05) is 5.16 Å². The molecule has 9 heteroatoms. The molecule has 0 unspecified atom stereocenters. The van der Waals surface area contributed by atoms with Gasteiger partial charge in [-0.05, 0) is 25.1 Å². The van der Waals surface area contributed by atoms with Crippen molar-refractivity contribution in [3.63, 3.8) is 0 Å². The molecule has 0 fully saturated rings. The molecule has 0 aliphatic carbocycles. The third kappa shape index (κ3) is 3.38. The van der Waals surface area contributed by atoms with Crippen LogP contribution in [0.1, 0.15) is 21.8 Å². The molecule has 0 amide bonds. The van der Waals surface area contributed by atoms with Crippen molar-refractivity contribution in [1.82, 2.24) is 9.88 Å². The van der Waals surface area contributed by atoms with Gasteiger partial charge < -0.3 is 15.4 Å². The van der Waals surface area contributed by atoms with Crippen molar-refractivity contribution in [3.05, 3.63) is 41.3 Å². The van der Waals surface area contributed by atoms with Crippen LogP contribution in [0.15, 0.2) is 33.7 Å². The van der Waals surface area contributed by atoms with Crippen LogP contribution in [-0.2, 0) is 16.6 Å². The van der Waals surface area contributed by atoms with E-state index >= 15 is 0 Å². The first-order valence-electron chi connectivity index (χ1n) is 5.84. The van der Waals surface area contributed by atoms with Gasteiger partial charge in [0.05, 0.1) is 22.7 Å². The number of aryl methyl sites for hydroxylation is 1. The van der Waals surface area contributed by atoms with E-state index in [1.165, 1.54) is 6.07 Å². The van der Waals surface area contributed by atoms with Gasteiger partial charge in [0.25, 0.3) is 0 Å². The van der Waals surface area contributed by atoms with Crippen LogP contribution in [0.5, 0.6) is 0 Å². The molecule has 1 aromatic heterocycles. The maximum Gasteiger partial charge on any atom is 0.337 e. The van der Waals surface area contributed by atoms with Crippen LogP contribution in [0.25, 0.3) is 0 Å². The topological polar surface area (TPSA) is 136 Å². The number of sulfonamides is 1. The van der Waals surface area contributed by atoms with Crippen molar-refractivity contribution < 1.29 is 22.8 Å². The van der Waals surface area contributed by atoms with Gasteiger partial charge in [-0.2, -0.15) is 0 Å². The Kier molecular flexibility index (Phi) is 3.96. The summed E-state index contributed by atoms with van der Waals surface area (Å²) in [6, 6.07) is 5.14. The molecule has 0 saturated heterocycles. The summed E-state index contributed by atoms with van der Waals surface area (Å²) in [5, 5.41) is 12.7. The molecule has 0 saturated carbocycles. The zero-order valence-corrected chi connectivity index (χ0v) is 11.8. The Balaban J connectivity index is 2.29. The van der Waals surface area contributed by atoms with Crippen molar-refractivity contribution in [2.24, 2.45) is 0 Å². The van der Waals surface area contributed by atoms with Crippen molar-refractivity contribution in [3.8, 4) is 0 Å². The normalized spacial score (nSPS) is 11.5. The van der Waals surface area contributed by atoms with Crippen LogP contribution in [0.2, 0.25) is 0 Å². The van der Waals surface area contributed by atoms with E-state index < -0.39 is 16.0 Å². The molecule has 8 nitrogen and oxygen atoms in total. The molecule has 2 rings (SSSR count). The van der Waals surface area contributed by atoms with Gasteiger partial charge in [-0.15, -0.1) is 0 Å². The number of hydrogen-bond donors (Lipinski definition) is 3. The fraction of sp³-hybridized carbons (Fsp3) is 0.167. The number of aromatic nitrogens is 1. The number of rotatable bonds is 5. The lowest BCUT2D eigenvalue weighted by molar-refractivity contribution is 0.0692. The minimum Gasteiger partial charge on any atom is -0.478 e. The summed E-state index contributed by atoms with van der Waals surface area (Å²) >= 11 is 0. The molecular formula is C12H13N3O5S. The SMILES string of the molecule is Cc1cc(CNS(=O)(=O)c2ccc(N)cc2C(=O)O)no1. The molecule has 0 aliphatic heterocycles. The molecule has 0 radical (unpaired) electrons. The van der Waals surface area contributed by atoms with E-state index in [9.17, 15) is 13.2 Å². The molecule has 0 aliphatic rings. The highest BCUT2D eigenvalue weighted by Crippen LogP contribution is 2.19. The lowest BCUT2D eigenvalue weighted by atomic mass is 10.2. The van der Waals surface area contributed by atoms with Gasteiger partial charge >= 0.3 is 5.97 Å². The van der Waals surface area contributed by atoms with Crippen LogP contribution in [0.3, 0.4) is 0 Å². The van der Waals surface area contributed by atoms with Crippen molar-refractivity contribution in [2.45, 2.75) is 18.4 Å². The lowest BCUT2D eigenvalue weighted by Gasteiger charge is -2.09. The van der Waals surface area contributed by atoms with Gasteiger partial charge in [0.2, 0.25) is 10.0 Å². The minimum absolute atomic E-state index is 0.108. The highest BCUT2D eigenvalue weighted by atomic mass is 32.2. The first-order valence-corrected chi connectivity index (χ1v) is 7.32. The van der Waals surface area contributed by atoms with E-state index in [2.05, 4.69) is 9.88 Å². The Morgan fingerprint density at radius 1 is 1.43 bits per heavy atom. The largest absolute Gasteiger partial charge is 0.478 e. The number of nitrogens with two attached hydrogens (primary N) is 1. The maximum atomic E-state index is 12.2. The maximum absolute atomic E-state index is 12.2. The first kappa shape index (κ1) is 15.0. The number of carboxylic acid groups (broad SMARTS) is 1. The second kappa shape index (κ2) is 5.54.